The van der Waals surface area contributed by atoms with Crippen LogP contribution in [0, 0.1) is 3.57 Å². The molecule has 0 saturated heterocycles. The second-order valence-electron chi connectivity index (χ2n) is 6.26. The third-order valence-corrected chi connectivity index (χ3v) is 6.03. The van der Waals surface area contributed by atoms with Crippen molar-refractivity contribution in [2.75, 3.05) is 31.3 Å². The standard InChI is InChI=1S/C20H24IN3O5S/c1-5-17(14-6-11-18(28-2)19(12-14)29-3)22-23-20(25)13-24(30(4,26)27)16-9-7-15(21)8-10-16/h6-12H,5,13H2,1-4H3,(H,23,25)/b22-17-. The van der Waals surface area contributed by atoms with Crippen LogP contribution in [0.1, 0.15) is 18.9 Å². The first-order valence-electron chi connectivity index (χ1n) is 9.00. The molecule has 0 spiro atoms. The van der Waals surface area contributed by atoms with Gasteiger partial charge in [-0.2, -0.15) is 5.10 Å². The molecule has 1 N–H and O–H groups in total. The van der Waals surface area contributed by atoms with E-state index in [1.54, 1.807) is 43.5 Å². The van der Waals surface area contributed by atoms with E-state index in [4.69, 9.17) is 9.47 Å². The average molecular weight is 545 g/mol. The van der Waals surface area contributed by atoms with E-state index in [0.29, 0.717) is 29.3 Å². The maximum absolute atomic E-state index is 12.4. The number of halogens is 1. The molecular formula is C20H24IN3O5S. The Hall–Kier alpha value is -2.34. The van der Waals surface area contributed by atoms with Gasteiger partial charge in [0.25, 0.3) is 5.91 Å². The molecule has 0 heterocycles. The summed E-state index contributed by atoms with van der Waals surface area (Å²) < 4.78 is 36.9. The molecule has 0 saturated carbocycles. The average Bonchev–Trinajstić information content (AvgIpc) is 2.72. The highest BCUT2D eigenvalue weighted by atomic mass is 127. The van der Waals surface area contributed by atoms with Crippen LogP contribution in [-0.4, -0.2) is 47.1 Å². The largest absolute Gasteiger partial charge is 0.493 e. The second-order valence-corrected chi connectivity index (χ2v) is 9.42. The Labute approximate surface area is 190 Å². The summed E-state index contributed by atoms with van der Waals surface area (Å²) in [5.41, 5.74) is 4.23. The van der Waals surface area contributed by atoms with Gasteiger partial charge < -0.3 is 9.47 Å². The normalized spacial score (nSPS) is 11.7. The molecule has 0 radical (unpaired) electrons. The van der Waals surface area contributed by atoms with Gasteiger partial charge in [0.05, 0.1) is 31.9 Å². The van der Waals surface area contributed by atoms with Crippen molar-refractivity contribution in [1.29, 1.82) is 0 Å². The van der Waals surface area contributed by atoms with Gasteiger partial charge in [0.15, 0.2) is 11.5 Å². The number of hydrazone groups is 1. The molecule has 2 rings (SSSR count). The van der Waals surface area contributed by atoms with Gasteiger partial charge in [-0.3, -0.25) is 9.10 Å². The molecule has 0 aliphatic heterocycles. The highest BCUT2D eigenvalue weighted by Gasteiger charge is 2.21. The fourth-order valence-electron chi connectivity index (χ4n) is 2.67. The Bertz CT molecular complexity index is 1020. The first-order valence-corrected chi connectivity index (χ1v) is 11.9. The van der Waals surface area contributed by atoms with Crippen LogP contribution in [0.15, 0.2) is 47.6 Å². The highest BCUT2D eigenvalue weighted by Crippen LogP contribution is 2.28. The molecule has 162 valence electrons. The van der Waals surface area contributed by atoms with Gasteiger partial charge >= 0.3 is 0 Å². The van der Waals surface area contributed by atoms with Gasteiger partial charge in [0, 0.05) is 9.13 Å². The number of ether oxygens (including phenoxy) is 2. The molecule has 0 aliphatic rings. The zero-order valence-electron chi connectivity index (χ0n) is 17.2. The predicted octanol–water partition coefficient (Wildman–Crippen LogP) is 3.00. The Morgan fingerprint density at radius 2 is 1.73 bits per heavy atom. The quantitative estimate of drug-likeness (QED) is 0.297. The minimum absolute atomic E-state index is 0.383. The molecule has 0 fully saturated rings. The SMILES string of the molecule is CC/C(=N/NC(=O)CN(c1ccc(I)cc1)S(C)(=O)=O)c1ccc(OC)c(OC)c1. The molecule has 1 amide bonds. The van der Waals surface area contributed by atoms with Crippen molar-refractivity contribution in [2.24, 2.45) is 5.10 Å². The molecule has 0 bridgehead atoms. The topological polar surface area (TPSA) is 97.3 Å². The van der Waals surface area contributed by atoms with Gasteiger partial charge in [-0.25, -0.2) is 13.8 Å². The lowest BCUT2D eigenvalue weighted by molar-refractivity contribution is -0.119. The maximum atomic E-state index is 12.4. The summed E-state index contributed by atoms with van der Waals surface area (Å²) in [4.78, 5) is 12.4. The predicted molar refractivity (Wildman–Crippen MR) is 126 cm³/mol. The summed E-state index contributed by atoms with van der Waals surface area (Å²) in [6, 6.07) is 12.2. The third-order valence-electron chi connectivity index (χ3n) is 4.17. The number of amides is 1. The summed E-state index contributed by atoms with van der Waals surface area (Å²) in [5, 5.41) is 4.18. The number of sulfonamides is 1. The van der Waals surface area contributed by atoms with E-state index in [9.17, 15) is 13.2 Å². The Morgan fingerprint density at radius 1 is 1.10 bits per heavy atom. The molecule has 2 aromatic rings. The number of nitrogens with one attached hydrogen (secondary N) is 1. The van der Waals surface area contributed by atoms with Gasteiger partial charge in [-0.15, -0.1) is 0 Å². The van der Waals surface area contributed by atoms with Crippen LogP contribution >= 0.6 is 22.6 Å². The van der Waals surface area contributed by atoms with E-state index in [-0.39, 0.29) is 6.54 Å². The van der Waals surface area contributed by atoms with Crippen LogP contribution in [0.3, 0.4) is 0 Å². The van der Waals surface area contributed by atoms with Crippen molar-refractivity contribution >= 4 is 49.9 Å². The number of nitrogens with zero attached hydrogens (tertiary/aromatic N) is 2. The number of hydrogen-bond donors (Lipinski definition) is 1. The number of hydrogen-bond acceptors (Lipinski definition) is 6. The molecular weight excluding hydrogens is 521 g/mol. The molecule has 0 unspecified atom stereocenters. The van der Waals surface area contributed by atoms with Crippen molar-refractivity contribution in [3.8, 4) is 11.5 Å². The summed E-state index contributed by atoms with van der Waals surface area (Å²) >= 11 is 2.12. The summed E-state index contributed by atoms with van der Waals surface area (Å²) in [6.45, 7) is 1.52. The summed E-state index contributed by atoms with van der Waals surface area (Å²) in [6.07, 6.45) is 1.60. The van der Waals surface area contributed by atoms with Crippen LogP contribution in [0.25, 0.3) is 0 Å². The number of methoxy groups -OCH3 is 2. The molecule has 30 heavy (non-hydrogen) atoms. The Morgan fingerprint density at radius 3 is 2.27 bits per heavy atom. The number of carbonyl (C=O) groups is 1. The van der Waals surface area contributed by atoms with Crippen molar-refractivity contribution < 1.29 is 22.7 Å². The summed E-state index contributed by atoms with van der Waals surface area (Å²) in [7, 11) is -0.560. The number of anilines is 1. The van der Waals surface area contributed by atoms with E-state index < -0.39 is 15.9 Å². The van der Waals surface area contributed by atoms with Crippen LogP contribution in [0.2, 0.25) is 0 Å². The van der Waals surface area contributed by atoms with Gasteiger partial charge in [0.2, 0.25) is 10.0 Å². The third kappa shape index (κ3) is 6.33. The monoisotopic (exact) mass is 545 g/mol. The van der Waals surface area contributed by atoms with Crippen molar-refractivity contribution in [1.82, 2.24) is 5.43 Å². The van der Waals surface area contributed by atoms with E-state index in [0.717, 1.165) is 19.7 Å². The van der Waals surface area contributed by atoms with E-state index in [1.165, 1.54) is 7.11 Å². The lowest BCUT2D eigenvalue weighted by Gasteiger charge is -2.21. The van der Waals surface area contributed by atoms with Gasteiger partial charge in [-0.05, 0) is 71.5 Å². The minimum atomic E-state index is -3.65. The fraction of sp³-hybridized carbons (Fsp3) is 0.300. The zero-order chi connectivity index (χ0) is 22.3. The molecule has 2 aromatic carbocycles. The van der Waals surface area contributed by atoms with Crippen molar-refractivity contribution in [3.63, 3.8) is 0 Å². The molecule has 0 aromatic heterocycles. The van der Waals surface area contributed by atoms with Crippen LogP contribution < -0.4 is 19.2 Å². The van der Waals surface area contributed by atoms with Gasteiger partial charge in [-0.1, -0.05) is 6.92 Å². The van der Waals surface area contributed by atoms with Gasteiger partial charge in [0.1, 0.15) is 6.54 Å². The zero-order valence-corrected chi connectivity index (χ0v) is 20.2. The number of carbonyl (C=O) groups excluding carboxylic acids is 1. The molecule has 0 atom stereocenters. The maximum Gasteiger partial charge on any atom is 0.260 e. The lowest BCUT2D eigenvalue weighted by Crippen LogP contribution is -2.39. The van der Waals surface area contributed by atoms with E-state index in [1.807, 2.05) is 13.0 Å². The van der Waals surface area contributed by atoms with E-state index in [2.05, 4.69) is 33.1 Å². The lowest BCUT2D eigenvalue weighted by atomic mass is 10.1. The highest BCUT2D eigenvalue weighted by molar-refractivity contribution is 14.1. The van der Waals surface area contributed by atoms with E-state index >= 15 is 0 Å². The second kappa shape index (κ2) is 10.6. The van der Waals surface area contributed by atoms with Crippen molar-refractivity contribution in [2.45, 2.75) is 13.3 Å². The summed E-state index contributed by atoms with van der Waals surface area (Å²) in [5.74, 6) is 0.580. The molecule has 10 heteroatoms. The first-order chi connectivity index (χ1) is 14.2. The number of rotatable bonds is 9. The fourth-order valence-corrected chi connectivity index (χ4v) is 3.88. The van der Waals surface area contributed by atoms with Crippen LogP contribution in [0.4, 0.5) is 5.69 Å². The van der Waals surface area contributed by atoms with Crippen LogP contribution in [0.5, 0.6) is 11.5 Å². The minimum Gasteiger partial charge on any atom is -0.493 e. The Balaban J connectivity index is 2.20. The smallest absolute Gasteiger partial charge is 0.260 e. The molecule has 0 aliphatic carbocycles. The van der Waals surface area contributed by atoms with Crippen LogP contribution in [-0.2, 0) is 14.8 Å². The number of benzene rings is 2. The first kappa shape index (κ1) is 23.9. The van der Waals surface area contributed by atoms with Crippen molar-refractivity contribution in [3.05, 3.63) is 51.6 Å². The molecule has 8 nitrogen and oxygen atoms in total. The Kier molecular flexibility index (Phi) is 8.47.